The molecule has 5 nitrogen and oxygen atoms in total. The third kappa shape index (κ3) is 5.42. The number of hydrogen-bond acceptors (Lipinski definition) is 4. The minimum atomic E-state index is -0.0949. The van der Waals surface area contributed by atoms with Crippen LogP contribution in [0, 0.1) is 0 Å². The molecule has 4 rings (SSSR count). The lowest BCUT2D eigenvalue weighted by Crippen LogP contribution is -2.20. The van der Waals surface area contributed by atoms with E-state index in [-0.39, 0.29) is 10.8 Å². The van der Waals surface area contributed by atoms with Gasteiger partial charge in [0.05, 0.1) is 11.4 Å². The van der Waals surface area contributed by atoms with Crippen molar-refractivity contribution < 1.29 is 0 Å². The fourth-order valence-corrected chi connectivity index (χ4v) is 4.80. The average molecular weight is 510 g/mol. The van der Waals surface area contributed by atoms with Gasteiger partial charge in [-0.25, -0.2) is 4.98 Å². The maximum Gasteiger partial charge on any atom is 0.138 e. The summed E-state index contributed by atoms with van der Waals surface area (Å²) in [6, 6.07) is 21.6. The number of anilines is 3. The van der Waals surface area contributed by atoms with Crippen LogP contribution in [-0.2, 0) is 10.8 Å². The smallest absolute Gasteiger partial charge is 0.138 e. The lowest BCUT2D eigenvalue weighted by molar-refractivity contribution is 0.573. The first kappa shape index (κ1) is 27.3. The zero-order chi connectivity index (χ0) is 28.0. The van der Waals surface area contributed by atoms with Crippen LogP contribution in [0.4, 0.5) is 17.1 Å². The summed E-state index contributed by atoms with van der Waals surface area (Å²) in [5.74, 6) is 0.847. The summed E-state index contributed by atoms with van der Waals surface area (Å²) in [7, 11) is 8.23. The van der Waals surface area contributed by atoms with Crippen molar-refractivity contribution >= 4 is 17.1 Å². The Kier molecular flexibility index (Phi) is 7.09. The predicted octanol–water partition coefficient (Wildman–Crippen LogP) is 7.72. The molecule has 0 saturated carbocycles. The van der Waals surface area contributed by atoms with E-state index in [4.69, 9.17) is 10.7 Å². The van der Waals surface area contributed by atoms with Crippen molar-refractivity contribution in [3.05, 3.63) is 71.8 Å². The van der Waals surface area contributed by atoms with E-state index < -0.39 is 0 Å². The molecule has 5 heteroatoms. The molecule has 0 unspecified atom stereocenters. The second-order valence-electron chi connectivity index (χ2n) is 12.7. The van der Waals surface area contributed by atoms with Crippen molar-refractivity contribution in [1.82, 2.24) is 9.97 Å². The van der Waals surface area contributed by atoms with Crippen LogP contribution in [-0.4, -0.2) is 38.2 Å². The third-order valence-electron chi connectivity index (χ3n) is 7.10. The first-order valence-corrected chi connectivity index (χ1v) is 13.3. The number of nitrogens with one attached hydrogen (secondary N) is 1. The summed E-state index contributed by atoms with van der Waals surface area (Å²) in [5.41, 5.74) is 17.2. The van der Waals surface area contributed by atoms with Crippen molar-refractivity contribution in [1.29, 1.82) is 0 Å². The molecule has 0 spiro atoms. The summed E-state index contributed by atoms with van der Waals surface area (Å²) < 4.78 is 0. The molecule has 0 bridgehead atoms. The molecule has 0 aliphatic carbocycles. The molecule has 3 N–H and O–H groups in total. The van der Waals surface area contributed by atoms with Crippen LogP contribution in [0.1, 0.15) is 52.7 Å². The van der Waals surface area contributed by atoms with Gasteiger partial charge >= 0.3 is 0 Å². The highest BCUT2D eigenvalue weighted by atomic mass is 15.1. The molecular formula is C33H43N5. The number of aromatic amines is 1. The monoisotopic (exact) mass is 509 g/mol. The Balaban J connectivity index is 1.95. The Hall–Kier alpha value is -3.73. The van der Waals surface area contributed by atoms with Gasteiger partial charge in [0.25, 0.3) is 0 Å². The molecule has 200 valence electrons. The molecule has 0 atom stereocenters. The molecule has 0 aliphatic heterocycles. The van der Waals surface area contributed by atoms with Crippen LogP contribution in [0.5, 0.6) is 0 Å². The molecule has 0 saturated heterocycles. The maximum atomic E-state index is 6.76. The highest BCUT2D eigenvalue weighted by Gasteiger charge is 2.27. The van der Waals surface area contributed by atoms with Crippen molar-refractivity contribution in [2.75, 3.05) is 43.7 Å². The van der Waals surface area contributed by atoms with Gasteiger partial charge in [0, 0.05) is 61.9 Å². The number of imidazole rings is 1. The Morgan fingerprint density at radius 1 is 0.632 bits per heavy atom. The van der Waals surface area contributed by atoms with Crippen molar-refractivity contribution in [3.63, 3.8) is 0 Å². The number of rotatable bonds is 5. The van der Waals surface area contributed by atoms with Crippen molar-refractivity contribution in [3.8, 4) is 33.9 Å². The second-order valence-corrected chi connectivity index (χ2v) is 12.7. The lowest BCUT2D eigenvalue weighted by Gasteiger charge is -2.29. The quantitative estimate of drug-likeness (QED) is 0.270. The van der Waals surface area contributed by atoms with Gasteiger partial charge in [0.15, 0.2) is 0 Å². The molecule has 4 aromatic rings. The third-order valence-corrected chi connectivity index (χ3v) is 7.10. The Morgan fingerprint density at radius 2 is 1.05 bits per heavy atom. The number of nitrogens with zero attached hydrogens (tertiary/aromatic N) is 3. The normalized spacial score (nSPS) is 12.1. The topological polar surface area (TPSA) is 61.2 Å². The summed E-state index contributed by atoms with van der Waals surface area (Å²) >= 11 is 0. The first-order valence-electron chi connectivity index (χ1n) is 13.3. The molecule has 0 amide bonds. The van der Waals surface area contributed by atoms with Crippen LogP contribution in [0.25, 0.3) is 33.9 Å². The van der Waals surface area contributed by atoms with E-state index >= 15 is 0 Å². The van der Waals surface area contributed by atoms with Crippen molar-refractivity contribution in [2.45, 2.75) is 52.4 Å². The molecule has 38 heavy (non-hydrogen) atoms. The number of benzene rings is 3. The number of aromatic nitrogens is 2. The van der Waals surface area contributed by atoms with Gasteiger partial charge in [0.2, 0.25) is 0 Å². The van der Waals surface area contributed by atoms with Gasteiger partial charge in [-0.2, -0.15) is 0 Å². The number of nitrogens with two attached hydrogens (primary N) is 1. The zero-order valence-electron chi connectivity index (χ0n) is 24.7. The van der Waals surface area contributed by atoms with E-state index in [0.717, 1.165) is 62.1 Å². The summed E-state index contributed by atoms with van der Waals surface area (Å²) in [4.78, 5) is 13.1. The fourth-order valence-electron chi connectivity index (χ4n) is 4.80. The van der Waals surface area contributed by atoms with E-state index in [0.29, 0.717) is 0 Å². The molecule has 1 aromatic heterocycles. The van der Waals surface area contributed by atoms with Crippen LogP contribution in [0.15, 0.2) is 60.7 Å². The zero-order valence-corrected chi connectivity index (χ0v) is 24.7. The Morgan fingerprint density at radius 3 is 1.45 bits per heavy atom. The molecule has 3 aromatic carbocycles. The van der Waals surface area contributed by atoms with Crippen LogP contribution in [0.3, 0.4) is 0 Å². The van der Waals surface area contributed by atoms with Gasteiger partial charge in [-0.15, -0.1) is 0 Å². The number of hydrogen-bond donors (Lipinski definition) is 2. The van der Waals surface area contributed by atoms with Gasteiger partial charge in [0.1, 0.15) is 5.82 Å². The van der Waals surface area contributed by atoms with E-state index in [1.165, 1.54) is 0 Å². The van der Waals surface area contributed by atoms with Crippen LogP contribution in [0.2, 0.25) is 0 Å². The first-order chi connectivity index (χ1) is 17.7. The van der Waals surface area contributed by atoms with Crippen LogP contribution < -0.4 is 15.5 Å². The molecular weight excluding hydrogens is 466 g/mol. The maximum absolute atomic E-state index is 6.76. The van der Waals surface area contributed by atoms with E-state index in [1.54, 1.807) is 0 Å². The minimum Gasteiger partial charge on any atom is -0.398 e. The highest BCUT2D eigenvalue weighted by Crippen LogP contribution is 2.41. The van der Waals surface area contributed by atoms with Gasteiger partial charge < -0.3 is 20.5 Å². The number of nitrogen functional groups attached to an aromatic ring is 1. The standard InChI is InChI=1S/C33H43N5/c1-32(2,3)26-19-23(20-27(28(26)34)33(4,5)6)31-35-29(21-11-15-24(16-12-21)37(7)8)30(36-31)22-13-17-25(18-14-22)38(9)10/h11-20H,34H2,1-10H3,(H,35,36). The molecule has 0 fully saturated rings. The lowest BCUT2D eigenvalue weighted by atomic mass is 9.77. The SMILES string of the molecule is CN(C)c1ccc(-c2nc(-c3cc(C(C)(C)C)c(N)c(C(C)(C)C)c3)[nH]c2-c2ccc(N(C)C)cc2)cc1. The largest absolute Gasteiger partial charge is 0.398 e. The summed E-state index contributed by atoms with van der Waals surface area (Å²) in [5, 5.41) is 0. The fraction of sp³-hybridized carbons (Fsp3) is 0.364. The average Bonchev–Trinajstić information content (AvgIpc) is 3.28. The Labute approximate surface area is 228 Å². The minimum absolute atomic E-state index is 0.0949. The van der Waals surface area contributed by atoms with E-state index in [1.807, 2.05) is 0 Å². The van der Waals surface area contributed by atoms with E-state index in [9.17, 15) is 0 Å². The van der Waals surface area contributed by atoms with Crippen molar-refractivity contribution in [2.24, 2.45) is 0 Å². The molecule has 1 heterocycles. The predicted molar refractivity (Wildman–Crippen MR) is 165 cm³/mol. The second kappa shape index (κ2) is 9.86. The number of H-pyrrole nitrogens is 1. The summed E-state index contributed by atoms with van der Waals surface area (Å²) in [6.45, 7) is 13.3. The van der Waals surface area contributed by atoms with E-state index in [2.05, 4.69) is 145 Å². The van der Waals surface area contributed by atoms with Crippen LogP contribution >= 0.6 is 0 Å². The van der Waals surface area contributed by atoms with Gasteiger partial charge in [-0.3, -0.25) is 0 Å². The Bertz CT molecular complexity index is 1310. The van der Waals surface area contributed by atoms with Gasteiger partial charge in [-0.05, 0) is 58.4 Å². The summed E-state index contributed by atoms with van der Waals surface area (Å²) in [6.07, 6.45) is 0. The molecule has 0 radical (unpaired) electrons. The van der Waals surface area contributed by atoms with Gasteiger partial charge in [-0.1, -0.05) is 65.8 Å². The highest BCUT2D eigenvalue weighted by molar-refractivity contribution is 5.83. The molecule has 0 aliphatic rings.